The largest absolute Gasteiger partial charge is 0.481 e. The molecule has 0 aromatic carbocycles. The van der Waals surface area contributed by atoms with Crippen LogP contribution in [0, 0.1) is 11.8 Å². The van der Waals surface area contributed by atoms with E-state index in [0.29, 0.717) is 0 Å². The zero-order chi connectivity index (χ0) is 18.2. The third-order valence-corrected chi connectivity index (χ3v) is 4.22. The van der Waals surface area contributed by atoms with Crippen molar-refractivity contribution >= 4 is 32.3 Å². The van der Waals surface area contributed by atoms with Gasteiger partial charge in [-0.1, -0.05) is 4.57 Å². The molecule has 0 saturated heterocycles. The Labute approximate surface area is 131 Å². The van der Waals surface area contributed by atoms with Crippen LogP contribution in [0.2, 0.25) is 0 Å². The number of hydrogen-bond acceptors (Lipinski definition) is 6. The van der Waals surface area contributed by atoms with Crippen LogP contribution >= 0.6 is 8.46 Å². The van der Waals surface area contributed by atoms with Crippen molar-refractivity contribution in [3.05, 3.63) is 0 Å². The monoisotopic (exact) mass is 353 g/mol. The van der Waals surface area contributed by atoms with Crippen LogP contribution in [0.1, 0.15) is 32.1 Å². The Kier molecular flexibility index (Phi) is 8.34. The van der Waals surface area contributed by atoms with E-state index in [4.69, 9.17) is 20.4 Å². The van der Waals surface area contributed by atoms with E-state index in [9.17, 15) is 28.8 Å². The maximum atomic E-state index is 11.3. The van der Waals surface area contributed by atoms with Crippen LogP contribution in [0.15, 0.2) is 0 Å². The molecule has 0 aromatic rings. The van der Waals surface area contributed by atoms with E-state index in [2.05, 4.69) is 0 Å². The molecule has 0 amide bonds. The molecule has 0 aliphatic rings. The number of carboxylic acids is 4. The van der Waals surface area contributed by atoms with E-state index in [-0.39, 0.29) is 6.42 Å². The summed E-state index contributed by atoms with van der Waals surface area (Å²) in [4.78, 5) is 43.4. The predicted octanol–water partition coefficient (Wildman–Crippen LogP) is 0.220. The molecule has 0 heterocycles. The highest BCUT2D eigenvalue weighted by Gasteiger charge is 2.51. The van der Waals surface area contributed by atoms with Gasteiger partial charge in [-0.2, -0.15) is 0 Å². The number of carboxylic acid groups (broad SMARTS) is 4. The van der Waals surface area contributed by atoms with Crippen LogP contribution in [-0.2, 0) is 23.7 Å². The molecule has 0 fully saturated rings. The fraction of sp³-hybridized carbons (Fsp3) is 0.667. The molecule has 10 nitrogen and oxygen atoms in total. The molecule has 130 valence electrons. The van der Waals surface area contributed by atoms with Crippen molar-refractivity contribution in [2.45, 2.75) is 37.4 Å². The quantitative estimate of drug-likeness (QED) is 0.304. The average Bonchev–Trinajstić information content (AvgIpc) is 2.42. The molecule has 0 radical (unpaired) electrons. The Balaban J connectivity index is 5.29. The van der Waals surface area contributed by atoms with Crippen molar-refractivity contribution in [1.82, 2.24) is 0 Å². The minimum atomic E-state index is -2.46. The molecular weight excluding hydrogens is 335 g/mol. The average molecular weight is 353 g/mol. The molecule has 0 bridgehead atoms. The van der Waals surface area contributed by atoms with Gasteiger partial charge in [-0.3, -0.25) is 19.2 Å². The summed E-state index contributed by atoms with van der Waals surface area (Å²) in [5.41, 5.74) is 0. The molecule has 0 saturated carbocycles. The van der Waals surface area contributed by atoms with E-state index in [1.165, 1.54) is 0 Å². The maximum absolute atomic E-state index is 11.3. The Morgan fingerprint density at radius 3 is 1.70 bits per heavy atom. The lowest BCUT2D eigenvalue weighted by atomic mass is 9.87. The van der Waals surface area contributed by atoms with Gasteiger partial charge in [0.25, 0.3) is 5.34 Å². The molecule has 0 aliphatic carbocycles. The van der Waals surface area contributed by atoms with Crippen LogP contribution in [0.5, 0.6) is 0 Å². The normalized spacial score (nSPS) is 16.2. The summed E-state index contributed by atoms with van der Waals surface area (Å²) in [6, 6.07) is 0. The maximum Gasteiger partial charge on any atom is 0.360 e. The molecule has 0 spiro atoms. The fourth-order valence-corrected chi connectivity index (χ4v) is 2.82. The number of hydrogen-bond donors (Lipinski definition) is 5. The van der Waals surface area contributed by atoms with Crippen LogP contribution in [0.3, 0.4) is 0 Å². The SMILES string of the molecule is O=[PH+]C(O)(CC(CCC(=O)O)C(=O)O)C(CCC(=O)O)C(=O)O. The first-order valence-corrected chi connectivity index (χ1v) is 7.45. The molecule has 4 unspecified atom stereocenters. The van der Waals surface area contributed by atoms with Gasteiger partial charge in [0.1, 0.15) is 5.92 Å². The van der Waals surface area contributed by atoms with Crippen LogP contribution < -0.4 is 0 Å². The van der Waals surface area contributed by atoms with Crippen LogP contribution in [-0.4, -0.2) is 54.8 Å². The van der Waals surface area contributed by atoms with E-state index >= 15 is 0 Å². The van der Waals surface area contributed by atoms with Crippen molar-refractivity contribution in [2.75, 3.05) is 0 Å². The molecular formula is C12H18O10P+. The zero-order valence-electron chi connectivity index (χ0n) is 12.0. The summed E-state index contributed by atoms with van der Waals surface area (Å²) < 4.78 is 11.3. The number of aliphatic hydroxyl groups is 1. The second-order valence-corrected chi connectivity index (χ2v) is 6.09. The summed E-state index contributed by atoms with van der Waals surface area (Å²) in [6.07, 6.45) is -2.82. The highest BCUT2D eigenvalue weighted by Crippen LogP contribution is 2.39. The lowest BCUT2D eigenvalue weighted by Crippen LogP contribution is -2.41. The Morgan fingerprint density at radius 1 is 0.870 bits per heavy atom. The molecule has 0 aliphatic heterocycles. The minimum absolute atomic E-state index is 0.386. The van der Waals surface area contributed by atoms with Crippen molar-refractivity contribution in [2.24, 2.45) is 11.8 Å². The summed E-state index contributed by atoms with van der Waals surface area (Å²) >= 11 is 0. The van der Waals surface area contributed by atoms with Crippen molar-refractivity contribution in [3.63, 3.8) is 0 Å². The van der Waals surface area contributed by atoms with Gasteiger partial charge in [-0.05, 0) is 12.8 Å². The summed E-state index contributed by atoms with van der Waals surface area (Å²) in [7, 11) is -1.62. The molecule has 0 rings (SSSR count). The first-order valence-electron chi connectivity index (χ1n) is 6.54. The molecule has 5 N–H and O–H groups in total. The van der Waals surface area contributed by atoms with Gasteiger partial charge >= 0.3 is 32.3 Å². The van der Waals surface area contributed by atoms with Crippen LogP contribution in [0.4, 0.5) is 0 Å². The van der Waals surface area contributed by atoms with E-state index in [1.54, 1.807) is 0 Å². The Bertz CT molecular complexity index is 490. The Hall–Kier alpha value is -2.06. The van der Waals surface area contributed by atoms with Gasteiger partial charge in [0.2, 0.25) is 0 Å². The van der Waals surface area contributed by atoms with E-state index in [0.717, 1.165) is 0 Å². The number of aliphatic carboxylic acids is 4. The van der Waals surface area contributed by atoms with Gasteiger partial charge in [-0.15, -0.1) is 0 Å². The topological polar surface area (TPSA) is 186 Å². The molecule has 11 heteroatoms. The number of carbonyl (C=O) groups is 4. The van der Waals surface area contributed by atoms with Crippen molar-refractivity contribution < 1.29 is 49.3 Å². The summed E-state index contributed by atoms with van der Waals surface area (Å²) in [6.45, 7) is 0. The predicted molar refractivity (Wildman–Crippen MR) is 74.6 cm³/mol. The van der Waals surface area contributed by atoms with Gasteiger partial charge < -0.3 is 25.5 Å². The third kappa shape index (κ3) is 7.16. The second kappa shape index (κ2) is 9.16. The van der Waals surface area contributed by atoms with Gasteiger partial charge in [0, 0.05) is 19.3 Å². The first-order chi connectivity index (χ1) is 10.5. The number of rotatable bonds is 12. The van der Waals surface area contributed by atoms with Crippen molar-refractivity contribution in [1.29, 1.82) is 0 Å². The standard InChI is InChI=1S/C12H17O10P/c13-8(14)3-1-6(10(17)18)5-12(21,23-22)7(11(19)20)2-4-9(15)16/h6-7,21H,1-5H2,(H,13,14)(H,15,16)(H,17,18)(H,19,20)/p+1. The van der Waals surface area contributed by atoms with E-state index < -0.39 is 75.2 Å². The molecule has 4 atom stereocenters. The van der Waals surface area contributed by atoms with Gasteiger partial charge in [-0.25, -0.2) is 0 Å². The zero-order valence-corrected chi connectivity index (χ0v) is 13.0. The lowest BCUT2D eigenvalue weighted by molar-refractivity contribution is -0.153. The highest BCUT2D eigenvalue weighted by molar-refractivity contribution is 7.25. The fourth-order valence-electron chi connectivity index (χ4n) is 2.08. The molecule has 0 aromatic heterocycles. The van der Waals surface area contributed by atoms with Crippen molar-refractivity contribution in [3.8, 4) is 0 Å². The van der Waals surface area contributed by atoms with E-state index in [1.807, 2.05) is 0 Å². The van der Waals surface area contributed by atoms with Crippen LogP contribution in [0.25, 0.3) is 0 Å². The van der Waals surface area contributed by atoms with Gasteiger partial charge in [0.15, 0.2) is 0 Å². The summed E-state index contributed by atoms with van der Waals surface area (Å²) in [5.74, 6) is -8.85. The lowest BCUT2D eigenvalue weighted by Gasteiger charge is -2.24. The second-order valence-electron chi connectivity index (χ2n) is 5.02. The Morgan fingerprint density at radius 2 is 1.35 bits per heavy atom. The smallest absolute Gasteiger partial charge is 0.360 e. The highest BCUT2D eigenvalue weighted by atomic mass is 31.1. The van der Waals surface area contributed by atoms with Gasteiger partial charge in [0.05, 0.1) is 5.92 Å². The third-order valence-electron chi connectivity index (χ3n) is 3.31. The summed E-state index contributed by atoms with van der Waals surface area (Å²) in [5, 5.41) is 43.1. The first kappa shape index (κ1) is 20.9. The molecule has 23 heavy (non-hydrogen) atoms. The minimum Gasteiger partial charge on any atom is -0.481 e.